The lowest BCUT2D eigenvalue weighted by atomic mass is 9.39. The molecule has 1 amide bonds. The molecule has 27 heavy (non-hydrogen) atoms. The minimum Gasteiger partial charge on any atom is -0.441 e. The first-order valence-corrected chi connectivity index (χ1v) is 10.8. The highest BCUT2D eigenvalue weighted by Crippen LogP contribution is 2.67. The van der Waals surface area contributed by atoms with Gasteiger partial charge in [-0.3, -0.25) is 4.79 Å². The largest absolute Gasteiger partial charge is 0.441 e. The second-order valence-corrected chi connectivity index (χ2v) is 10.2. The van der Waals surface area contributed by atoms with Crippen molar-refractivity contribution >= 4 is 38.3 Å². The number of fused-ring (bicyclic) bond motifs is 1. The van der Waals surface area contributed by atoms with E-state index in [1.165, 1.54) is 18.4 Å². The Kier molecular flexibility index (Phi) is 3.20. The van der Waals surface area contributed by atoms with Gasteiger partial charge in [0.2, 0.25) is 5.89 Å². The second-order valence-electron chi connectivity index (χ2n) is 7.64. The second kappa shape index (κ2) is 5.14. The van der Waals surface area contributed by atoms with Crippen LogP contribution in [0.15, 0.2) is 44.3 Å². The number of oxazole rings is 1. The van der Waals surface area contributed by atoms with Crippen LogP contribution in [0.25, 0.3) is 11.1 Å². The van der Waals surface area contributed by atoms with Gasteiger partial charge in [0.15, 0.2) is 16.4 Å². The van der Waals surface area contributed by atoms with Gasteiger partial charge in [-0.1, -0.05) is 11.6 Å². The van der Waals surface area contributed by atoms with Crippen LogP contribution in [0.5, 0.6) is 0 Å². The van der Waals surface area contributed by atoms with Crippen molar-refractivity contribution in [2.24, 2.45) is 0 Å². The van der Waals surface area contributed by atoms with Gasteiger partial charge in [-0.05, 0) is 49.6 Å². The maximum absolute atomic E-state index is 12.4. The standard InChI is InChI=1S/C18H16ClN3O4S/c1-27(20,24)14-5-4-13(25-14)15(23)22-18-7-17(8-18,9-18)16-21-11-6-10(19)2-3-12(11)26-16/h2-6,20H,7-9H2,1H3,(H,22,23)/t17?,18?,27-/m0/s1. The molecule has 3 aliphatic rings. The smallest absolute Gasteiger partial charge is 0.287 e. The number of amides is 1. The van der Waals surface area contributed by atoms with Crippen LogP contribution in [0.2, 0.25) is 5.02 Å². The maximum atomic E-state index is 12.4. The molecule has 0 spiro atoms. The van der Waals surface area contributed by atoms with Crippen LogP contribution >= 0.6 is 11.6 Å². The van der Waals surface area contributed by atoms with Gasteiger partial charge in [0.25, 0.3) is 5.91 Å². The topological polar surface area (TPSA) is 109 Å². The molecule has 0 saturated heterocycles. The van der Waals surface area contributed by atoms with E-state index in [0.717, 1.165) is 24.8 Å². The summed E-state index contributed by atoms with van der Waals surface area (Å²) in [5.41, 5.74) is 1.03. The molecule has 0 unspecified atom stereocenters. The van der Waals surface area contributed by atoms with E-state index in [4.69, 9.17) is 25.2 Å². The van der Waals surface area contributed by atoms with Crippen LogP contribution in [0, 0.1) is 4.78 Å². The maximum Gasteiger partial charge on any atom is 0.287 e. The van der Waals surface area contributed by atoms with Crippen molar-refractivity contribution in [1.82, 2.24) is 10.3 Å². The van der Waals surface area contributed by atoms with Gasteiger partial charge in [0, 0.05) is 16.8 Å². The minimum absolute atomic E-state index is 0.00634. The molecule has 3 aliphatic carbocycles. The number of rotatable bonds is 4. The van der Waals surface area contributed by atoms with E-state index in [2.05, 4.69) is 10.3 Å². The number of nitrogens with zero attached hydrogens (tertiary/aromatic N) is 1. The molecular formula is C18H16ClN3O4S. The molecule has 0 aliphatic heterocycles. The Morgan fingerprint density at radius 1 is 1.26 bits per heavy atom. The zero-order chi connectivity index (χ0) is 19.0. The molecule has 3 aromatic rings. The number of hydrogen-bond acceptors (Lipinski definition) is 6. The summed E-state index contributed by atoms with van der Waals surface area (Å²) in [5.74, 6) is 0.403. The number of benzene rings is 1. The highest BCUT2D eigenvalue weighted by molar-refractivity contribution is 7.91. The molecule has 2 N–H and O–H groups in total. The van der Waals surface area contributed by atoms with Gasteiger partial charge in [-0.15, -0.1) is 0 Å². The number of carbonyl (C=O) groups excluding carboxylic acids is 1. The molecule has 2 bridgehead atoms. The number of aromatic nitrogens is 1. The van der Waals surface area contributed by atoms with E-state index >= 15 is 0 Å². The van der Waals surface area contributed by atoms with Crippen LogP contribution < -0.4 is 5.32 Å². The monoisotopic (exact) mass is 405 g/mol. The Bertz CT molecular complexity index is 1190. The summed E-state index contributed by atoms with van der Waals surface area (Å²) in [5, 5.41) is 3.62. The van der Waals surface area contributed by atoms with E-state index in [0.29, 0.717) is 16.5 Å². The van der Waals surface area contributed by atoms with Crippen molar-refractivity contribution in [3.8, 4) is 0 Å². The van der Waals surface area contributed by atoms with Crippen LogP contribution in [0.3, 0.4) is 0 Å². The number of halogens is 1. The molecule has 3 saturated carbocycles. The lowest BCUT2D eigenvalue weighted by molar-refractivity contribution is -0.0958. The van der Waals surface area contributed by atoms with Crippen molar-refractivity contribution < 1.29 is 17.8 Å². The molecule has 2 aromatic heterocycles. The molecule has 9 heteroatoms. The Morgan fingerprint density at radius 2 is 2.00 bits per heavy atom. The first-order valence-electron chi connectivity index (χ1n) is 8.41. The summed E-state index contributed by atoms with van der Waals surface area (Å²) in [6, 6.07) is 8.22. The third-order valence-electron chi connectivity index (χ3n) is 5.40. The summed E-state index contributed by atoms with van der Waals surface area (Å²) < 4.78 is 30.4. The molecule has 6 rings (SSSR count). The molecule has 3 fully saturated rings. The van der Waals surface area contributed by atoms with Gasteiger partial charge in [0.1, 0.15) is 15.2 Å². The SMILES string of the molecule is C[S@](=N)(=O)c1ccc(C(=O)NC23CC(c4nc5cc(Cl)ccc5o4)(C2)C3)o1. The highest BCUT2D eigenvalue weighted by Gasteiger charge is 2.71. The number of furan rings is 1. The molecular weight excluding hydrogens is 390 g/mol. The molecule has 1 atom stereocenters. The van der Waals surface area contributed by atoms with E-state index in [9.17, 15) is 9.00 Å². The fourth-order valence-corrected chi connectivity index (χ4v) is 4.97. The summed E-state index contributed by atoms with van der Waals surface area (Å²) in [6.45, 7) is 0. The average Bonchev–Trinajstić information content (AvgIpc) is 3.14. The van der Waals surface area contributed by atoms with E-state index in [1.54, 1.807) is 12.1 Å². The summed E-state index contributed by atoms with van der Waals surface area (Å²) in [6.07, 6.45) is 3.51. The quantitative estimate of drug-likeness (QED) is 0.687. The fourth-order valence-electron chi connectivity index (χ4n) is 4.23. The summed E-state index contributed by atoms with van der Waals surface area (Å²) >= 11 is 6.00. The van der Waals surface area contributed by atoms with Crippen molar-refractivity contribution in [2.45, 2.75) is 35.3 Å². The minimum atomic E-state index is -2.98. The fraction of sp³-hybridized carbons (Fsp3) is 0.333. The summed E-state index contributed by atoms with van der Waals surface area (Å²) in [4.78, 5) is 17.0. The van der Waals surface area contributed by atoms with Crippen LogP contribution in [-0.4, -0.2) is 26.9 Å². The third kappa shape index (κ3) is 2.50. The zero-order valence-electron chi connectivity index (χ0n) is 14.4. The molecule has 2 heterocycles. The van der Waals surface area contributed by atoms with E-state index in [-0.39, 0.29) is 27.7 Å². The molecule has 0 radical (unpaired) electrons. The van der Waals surface area contributed by atoms with E-state index < -0.39 is 9.73 Å². The van der Waals surface area contributed by atoms with Crippen LogP contribution in [0.1, 0.15) is 35.7 Å². The van der Waals surface area contributed by atoms with Crippen molar-refractivity contribution in [3.05, 3.63) is 47.0 Å². The van der Waals surface area contributed by atoms with Gasteiger partial charge in [-0.25, -0.2) is 14.0 Å². The Hall–Kier alpha value is -2.32. The predicted molar refractivity (Wildman–Crippen MR) is 98.5 cm³/mol. The molecule has 7 nitrogen and oxygen atoms in total. The van der Waals surface area contributed by atoms with Crippen LogP contribution in [-0.2, 0) is 15.1 Å². The first-order chi connectivity index (χ1) is 12.7. The normalized spacial score (nSPS) is 28.2. The Balaban J connectivity index is 1.30. The van der Waals surface area contributed by atoms with Gasteiger partial charge in [-0.2, -0.15) is 0 Å². The lowest BCUT2D eigenvalue weighted by Gasteiger charge is -2.68. The van der Waals surface area contributed by atoms with Crippen molar-refractivity contribution in [3.63, 3.8) is 0 Å². The first kappa shape index (κ1) is 16.8. The van der Waals surface area contributed by atoms with Crippen molar-refractivity contribution in [2.75, 3.05) is 6.26 Å². The predicted octanol–water partition coefficient (Wildman–Crippen LogP) is 3.71. The average molecular weight is 406 g/mol. The lowest BCUT2D eigenvalue weighted by Crippen LogP contribution is -2.76. The Morgan fingerprint density at radius 3 is 2.67 bits per heavy atom. The molecule has 1 aromatic carbocycles. The van der Waals surface area contributed by atoms with Gasteiger partial charge in [0.05, 0.1) is 5.41 Å². The van der Waals surface area contributed by atoms with Crippen molar-refractivity contribution in [1.29, 1.82) is 4.78 Å². The van der Waals surface area contributed by atoms with Crippen LogP contribution in [0.4, 0.5) is 0 Å². The number of hydrogen-bond donors (Lipinski definition) is 2. The number of carbonyl (C=O) groups is 1. The van der Waals surface area contributed by atoms with Gasteiger partial charge >= 0.3 is 0 Å². The zero-order valence-corrected chi connectivity index (χ0v) is 15.9. The summed E-state index contributed by atoms with van der Waals surface area (Å²) in [7, 11) is -2.98. The third-order valence-corrected chi connectivity index (χ3v) is 6.62. The Labute approximate surface area is 160 Å². The molecule has 140 valence electrons. The highest BCUT2D eigenvalue weighted by atomic mass is 35.5. The van der Waals surface area contributed by atoms with Gasteiger partial charge < -0.3 is 14.2 Å². The van der Waals surface area contributed by atoms with E-state index in [1.807, 2.05) is 6.07 Å². The number of nitrogens with one attached hydrogen (secondary N) is 2.